The Bertz CT molecular complexity index is 538. The first-order valence-electron chi connectivity index (χ1n) is 5.09. The van der Waals surface area contributed by atoms with Crippen molar-refractivity contribution in [2.24, 2.45) is 7.05 Å². The molecule has 2 aromatic rings. The predicted molar refractivity (Wildman–Crippen MR) is 73.6 cm³/mol. The molecule has 1 unspecified atom stereocenters. The molecule has 2 rings (SSSR count). The highest BCUT2D eigenvalue weighted by atomic mass is 79.9. The lowest BCUT2D eigenvalue weighted by Gasteiger charge is -2.08. The number of nitrogens with zero attached hydrogens (tertiary/aromatic N) is 2. The van der Waals surface area contributed by atoms with Crippen molar-refractivity contribution < 1.29 is 5.11 Å². The molecule has 0 aliphatic rings. The second-order valence-corrected chi connectivity index (χ2v) is 6.53. The quantitative estimate of drug-likeness (QED) is 0.932. The van der Waals surface area contributed by atoms with Crippen molar-refractivity contribution >= 4 is 38.9 Å². The van der Waals surface area contributed by atoms with Crippen molar-refractivity contribution in [1.29, 1.82) is 0 Å². The number of hydrogen-bond acceptors (Lipinski definition) is 3. The van der Waals surface area contributed by atoms with Crippen LogP contribution in [0, 0.1) is 6.92 Å². The first kappa shape index (κ1) is 13.1. The fourth-order valence-corrected chi connectivity index (χ4v) is 3.19. The zero-order valence-electron chi connectivity index (χ0n) is 9.44. The summed E-state index contributed by atoms with van der Waals surface area (Å²) in [6, 6.07) is 1.93. The smallest absolute Gasteiger partial charge is 0.130 e. The molecule has 2 aromatic heterocycles. The summed E-state index contributed by atoms with van der Waals surface area (Å²) < 4.78 is 2.64. The van der Waals surface area contributed by atoms with E-state index in [1.165, 1.54) is 0 Å². The maximum Gasteiger partial charge on any atom is 0.130 e. The van der Waals surface area contributed by atoms with Crippen LogP contribution < -0.4 is 0 Å². The number of aromatic nitrogens is 2. The van der Waals surface area contributed by atoms with Crippen molar-refractivity contribution in [3.05, 3.63) is 37.2 Å². The molecule has 0 aliphatic heterocycles. The topological polar surface area (TPSA) is 38.0 Å². The minimum atomic E-state index is -0.544. The second kappa shape index (κ2) is 5.10. The molecule has 0 aromatic carbocycles. The number of aliphatic hydroxyl groups is 1. The largest absolute Gasteiger partial charge is 0.388 e. The zero-order valence-corrected chi connectivity index (χ0v) is 12.6. The van der Waals surface area contributed by atoms with Gasteiger partial charge in [0.1, 0.15) is 5.15 Å². The van der Waals surface area contributed by atoms with Gasteiger partial charge in [-0.15, -0.1) is 11.3 Å². The molecule has 0 saturated heterocycles. The summed E-state index contributed by atoms with van der Waals surface area (Å²) in [7, 11) is 1.80. The maximum absolute atomic E-state index is 10.1. The normalized spacial score (nSPS) is 13.0. The van der Waals surface area contributed by atoms with Crippen LogP contribution in [-0.4, -0.2) is 14.9 Å². The molecule has 0 aliphatic carbocycles. The Balaban J connectivity index is 2.21. The molecule has 0 bridgehead atoms. The average molecular weight is 336 g/mol. The highest BCUT2D eigenvalue weighted by Crippen LogP contribution is 2.29. The van der Waals surface area contributed by atoms with Crippen LogP contribution in [0.25, 0.3) is 0 Å². The van der Waals surface area contributed by atoms with Crippen molar-refractivity contribution in [3.8, 4) is 0 Å². The van der Waals surface area contributed by atoms with Gasteiger partial charge >= 0.3 is 0 Å². The number of halogens is 2. The van der Waals surface area contributed by atoms with Gasteiger partial charge in [-0.1, -0.05) is 11.6 Å². The van der Waals surface area contributed by atoms with Crippen molar-refractivity contribution in [1.82, 2.24) is 9.78 Å². The van der Waals surface area contributed by atoms with E-state index >= 15 is 0 Å². The molecule has 0 fully saturated rings. The summed E-state index contributed by atoms with van der Waals surface area (Å²) in [6.45, 7) is 1.90. The third-order valence-corrected chi connectivity index (χ3v) is 4.64. The number of hydrogen-bond donors (Lipinski definition) is 1. The van der Waals surface area contributed by atoms with E-state index < -0.39 is 6.10 Å². The first-order valence-corrected chi connectivity index (χ1v) is 7.14. The van der Waals surface area contributed by atoms with Gasteiger partial charge in [-0.25, -0.2) is 0 Å². The predicted octanol–water partition coefficient (Wildman–Crippen LogP) is 3.48. The van der Waals surface area contributed by atoms with Crippen LogP contribution in [0.5, 0.6) is 0 Å². The monoisotopic (exact) mass is 334 g/mol. The van der Waals surface area contributed by atoms with Gasteiger partial charge in [0.15, 0.2) is 0 Å². The average Bonchev–Trinajstić information content (AvgIpc) is 2.79. The molecular formula is C11H12BrClN2OS. The second-order valence-electron chi connectivity index (χ2n) is 3.88. The minimum Gasteiger partial charge on any atom is -0.388 e. The molecule has 0 amide bonds. The fourth-order valence-electron chi connectivity index (χ4n) is 1.72. The van der Waals surface area contributed by atoms with E-state index in [1.54, 1.807) is 23.1 Å². The Kier molecular flexibility index (Phi) is 3.92. The molecule has 92 valence electrons. The summed E-state index contributed by atoms with van der Waals surface area (Å²) in [4.78, 5) is 0. The summed E-state index contributed by atoms with van der Waals surface area (Å²) in [5.41, 5.74) is 2.68. The van der Waals surface area contributed by atoms with Gasteiger partial charge < -0.3 is 5.11 Å². The SMILES string of the molecule is Cc1nn(C)c(Cl)c1CC(O)c1csc(Br)c1. The number of thiophene rings is 1. The van der Waals surface area contributed by atoms with Crippen LogP contribution in [0.2, 0.25) is 5.15 Å². The molecule has 3 nitrogen and oxygen atoms in total. The Labute approximate surface area is 117 Å². The third-order valence-electron chi connectivity index (χ3n) is 2.64. The van der Waals surface area contributed by atoms with Gasteiger partial charge in [0, 0.05) is 19.0 Å². The zero-order chi connectivity index (χ0) is 12.6. The van der Waals surface area contributed by atoms with E-state index in [-0.39, 0.29) is 0 Å². The molecule has 17 heavy (non-hydrogen) atoms. The molecule has 0 radical (unpaired) electrons. The van der Waals surface area contributed by atoms with E-state index in [0.29, 0.717) is 11.6 Å². The molecule has 1 atom stereocenters. The van der Waals surface area contributed by atoms with Crippen molar-refractivity contribution in [3.63, 3.8) is 0 Å². The standard InChI is InChI=1S/C11H12BrClN2OS/c1-6-8(11(13)15(2)14-6)4-9(16)7-3-10(12)17-5-7/h3,5,9,16H,4H2,1-2H3. The van der Waals surface area contributed by atoms with E-state index in [9.17, 15) is 5.11 Å². The summed E-state index contributed by atoms with van der Waals surface area (Å²) in [5, 5.41) is 16.9. The van der Waals surface area contributed by atoms with E-state index in [0.717, 1.165) is 20.6 Å². The van der Waals surface area contributed by atoms with Gasteiger partial charge in [-0.3, -0.25) is 4.68 Å². The van der Waals surface area contributed by atoms with Crippen LogP contribution in [0.3, 0.4) is 0 Å². The number of aryl methyl sites for hydroxylation is 2. The molecular weight excluding hydrogens is 324 g/mol. The van der Waals surface area contributed by atoms with E-state index in [1.807, 2.05) is 18.4 Å². The molecule has 0 spiro atoms. The lowest BCUT2D eigenvalue weighted by atomic mass is 10.0. The van der Waals surface area contributed by atoms with Gasteiger partial charge in [0.2, 0.25) is 0 Å². The Morgan fingerprint density at radius 2 is 2.35 bits per heavy atom. The molecule has 6 heteroatoms. The number of aliphatic hydroxyl groups excluding tert-OH is 1. The molecule has 2 heterocycles. The van der Waals surface area contributed by atoms with E-state index in [4.69, 9.17) is 11.6 Å². The summed E-state index contributed by atoms with van der Waals surface area (Å²) >= 11 is 11.1. The Morgan fingerprint density at radius 1 is 1.65 bits per heavy atom. The Morgan fingerprint density at radius 3 is 2.82 bits per heavy atom. The minimum absolute atomic E-state index is 0.488. The first-order chi connectivity index (χ1) is 7.99. The Hall–Kier alpha value is -0.360. The maximum atomic E-state index is 10.1. The highest BCUT2D eigenvalue weighted by molar-refractivity contribution is 9.11. The van der Waals surface area contributed by atoms with Gasteiger partial charge in [-0.2, -0.15) is 5.10 Å². The van der Waals surface area contributed by atoms with Crippen LogP contribution in [-0.2, 0) is 13.5 Å². The van der Waals surface area contributed by atoms with Gasteiger partial charge in [0.05, 0.1) is 15.6 Å². The van der Waals surface area contributed by atoms with Crippen LogP contribution in [0.1, 0.15) is 22.9 Å². The highest BCUT2D eigenvalue weighted by Gasteiger charge is 2.17. The number of rotatable bonds is 3. The summed E-state index contributed by atoms with van der Waals surface area (Å²) in [6.07, 6.45) is -0.0558. The van der Waals surface area contributed by atoms with Crippen molar-refractivity contribution in [2.45, 2.75) is 19.4 Å². The third kappa shape index (κ3) is 2.73. The van der Waals surface area contributed by atoms with Crippen LogP contribution in [0.15, 0.2) is 15.2 Å². The van der Waals surface area contributed by atoms with E-state index in [2.05, 4.69) is 21.0 Å². The molecule has 1 N–H and O–H groups in total. The lowest BCUT2D eigenvalue weighted by Crippen LogP contribution is -2.01. The fraction of sp³-hybridized carbons (Fsp3) is 0.364. The summed E-state index contributed by atoms with van der Waals surface area (Å²) in [5.74, 6) is 0. The van der Waals surface area contributed by atoms with Crippen LogP contribution >= 0.6 is 38.9 Å². The van der Waals surface area contributed by atoms with Gasteiger partial charge in [-0.05, 0) is 39.9 Å². The molecule has 0 saturated carbocycles. The lowest BCUT2D eigenvalue weighted by molar-refractivity contribution is 0.178. The van der Waals surface area contributed by atoms with Crippen molar-refractivity contribution in [2.75, 3.05) is 0 Å². The van der Waals surface area contributed by atoms with Crippen LogP contribution in [0.4, 0.5) is 0 Å². The van der Waals surface area contributed by atoms with Gasteiger partial charge in [0.25, 0.3) is 0 Å².